The predicted octanol–water partition coefficient (Wildman–Crippen LogP) is 28.5. The molecule has 8 aromatic carbocycles. The number of fused-ring (bicyclic) bond motifs is 1. The van der Waals surface area contributed by atoms with Crippen LogP contribution in [0.4, 0.5) is 11.4 Å². The Kier molecular flexibility index (Phi) is 56.2. The molecule has 11 rings (SSSR count). The second-order valence-corrected chi connectivity index (χ2v) is 31.4. The Bertz CT molecular complexity index is 5070. The molecule has 646 valence electrons. The Morgan fingerprint density at radius 3 is 1.10 bits per heavy atom. The average Bonchev–Trinajstić information content (AvgIpc) is 0.992. The molecule has 0 bridgehead atoms. The maximum Gasteiger partial charge on any atom is 0.269 e. The molecule has 0 aliphatic heterocycles. The molecule has 0 unspecified atom stereocenters. The summed E-state index contributed by atoms with van der Waals surface area (Å²) in [6.45, 7) is 30.2. The van der Waals surface area contributed by atoms with Gasteiger partial charge in [0, 0.05) is 21.5 Å². The molecule has 0 spiro atoms. The van der Waals surface area contributed by atoms with E-state index in [4.69, 9.17) is 29.8 Å². The molecule has 2 saturated carbocycles. The zero-order valence-corrected chi connectivity index (χ0v) is 76.8. The fourth-order valence-corrected chi connectivity index (χ4v) is 13.4. The molecule has 1 aromatic heterocycles. The first kappa shape index (κ1) is 108. The van der Waals surface area contributed by atoms with Gasteiger partial charge in [0.05, 0.1) is 21.5 Å². The summed E-state index contributed by atoms with van der Waals surface area (Å²) in [6.07, 6.45) is 38.3. The van der Waals surface area contributed by atoms with Gasteiger partial charge in [0.15, 0.2) is 5.69 Å². The van der Waals surface area contributed by atoms with E-state index in [1.807, 2.05) is 189 Å². The summed E-state index contributed by atoms with van der Waals surface area (Å²) in [5.41, 5.74) is 20.4. The number of halogens is 3. The lowest BCUT2D eigenvalue weighted by Gasteiger charge is -2.23. The SMILES string of the molecule is CC(=CC=O)C1CCCCC1.CC(=CC=O)c1ccc(Br)cc1.CC(=CC=O)c1ccc(C)cc1.CC(=CC=O)c1ccc(C)cc1.CC(=CC=O)c1ccc(Cl)c(Cl)c1.CC(=CC=O)c1ccc([N+](=O)[O-])cc1.CC(=CC=O)c1ccc2ccccc2c1.CC(=CC=O)c1cccs1.CCC(=CC=O)C1CCCCC1.[C-]#[N+]c1ccc(C(C)=CC=O)cc1. The molecule has 0 saturated heterocycles. The second-order valence-electron chi connectivity index (χ2n) is 28.7. The molecule has 0 N–H and O–H groups in total. The topological polar surface area (TPSA) is 218 Å². The van der Waals surface area contributed by atoms with Gasteiger partial charge in [0.2, 0.25) is 0 Å². The van der Waals surface area contributed by atoms with Crippen molar-refractivity contribution in [2.24, 2.45) is 11.8 Å². The summed E-state index contributed by atoms with van der Waals surface area (Å²) in [6, 6.07) is 61.0. The minimum Gasteiger partial charge on any atom is -0.299 e. The highest BCUT2D eigenvalue weighted by molar-refractivity contribution is 9.10. The molecule has 2 fully saturated rings. The van der Waals surface area contributed by atoms with Crippen LogP contribution in [0.5, 0.6) is 0 Å². The number of non-ortho nitro benzene ring substituents is 1. The van der Waals surface area contributed by atoms with Crippen LogP contribution in [0.1, 0.15) is 195 Å². The number of hydrogen-bond donors (Lipinski definition) is 0. The molecule has 0 atom stereocenters. The van der Waals surface area contributed by atoms with Crippen LogP contribution in [-0.4, -0.2) is 67.8 Å². The number of nitro benzene ring substituents is 1. The van der Waals surface area contributed by atoms with Gasteiger partial charge in [-0.1, -0.05) is 240 Å². The molecule has 1 heterocycles. The summed E-state index contributed by atoms with van der Waals surface area (Å²) >= 11 is 16.5. The molecule has 0 amide bonds. The van der Waals surface area contributed by atoms with E-state index in [2.05, 4.69) is 58.9 Å². The van der Waals surface area contributed by atoms with Gasteiger partial charge in [-0.05, 0) is 329 Å². The maximum absolute atomic E-state index is 10.4. The number of carbonyl (C=O) groups excluding carboxylic acids is 10. The Hall–Kier alpha value is -12.2. The minimum absolute atomic E-state index is 0.0488. The summed E-state index contributed by atoms with van der Waals surface area (Å²) < 4.78 is 1.05. The first-order valence-electron chi connectivity index (χ1n) is 40.5. The average molecular weight is 1790 g/mol. The normalized spacial score (nSPS) is 13.1. The zero-order valence-electron chi connectivity index (χ0n) is 72.9. The molecule has 2 aliphatic carbocycles. The van der Waals surface area contributed by atoms with Crippen molar-refractivity contribution in [1.29, 1.82) is 0 Å². The number of nitro groups is 1. The molecular weight excluding hydrogens is 1680 g/mol. The smallest absolute Gasteiger partial charge is 0.269 e. The van der Waals surface area contributed by atoms with E-state index in [1.54, 1.807) is 97.2 Å². The van der Waals surface area contributed by atoms with Gasteiger partial charge in [-0.3, -0.25) is 58.1 Å². The zero-order chi connectivity index (χ0) is 92.0. The number of aldehydes is 10. The maximum atomic E-state index is 10.4. The largest absolute Gasteiger partial charge is 0.299 e. The van der Waals surface area contributed by atoms with E-state index in [0.717, 1.165) is 156 Å². The standard InChI is InChI=1S/C14H12O.C11H9NO.2C11H12O.C11H18O.C10H9BrO.C10H8Cl2O.C10H9NO3.C10H16O.C8H8OS/c1-11(8-9-15)13-7-6-12-4-2-3-5-14(12)10-13;1-9(7-8-13)10-3-5-11(12-2)6-4-10;2*1-9-3-5-11(6-4-9)10(2)7-8-12;1-2-10(8-9-12)11-6-4-3-5-7-11;1-8(6-7-12)9-2-4-10(11)5-3-9;1-7(4-5-13)8-2-3-9(11)10(12)6-8;1-8(6-7-12)9-2-4-10(5-3-9)11(13)14;1-9(7-8-11)10-5-3-2-4-6-10;1-7(4-5-9)8-3-2-6-10-8/h2-10H,1H3;3-8H,1H3;2*3-8H,1-2H3;8-9,11H,2-7H2,1H3;2-7H,1H3;2-6H,1H3;2-7H,1H3;7-8,10H,2-6H2,1H3;2-6H,1H3. The van der Waals surface area contributed by atoms with E-state index < -0.39 is 4.92 Å². The van der Waals surface area contributed by atoms with Gasteiger partial charge in [-0.2, -0.15) is 0 Å². The Morgan fingerprint density at radius 1 is 0.395 bits per heavy atom. The summed E-state index contributed by atoms with van der Waals surface area (Å²) in [5, 5.41) is 15.8. The lowest BCUT2D eigenvalue weighted by Crippen LogP contribution is -2.08. The van der Waals surface area contributed by atoms with E-state index in [1.165, 1.54) is 128 Å². The van der Waals surface area contributed by atoms with Gasteiger partial charge >= 0.3 is 0 Å². The number of aryl methyl sites for hydroxylation is 2. The van der Waals surface area contributed by atoms with Crippen LogP contribution >= 0.6 is 50.5 Å². The number of benzene rings is 8. The van der Waals surface area contributed by atoms with Gasteiger partial charge < -0.3 is 0 Å². The van der Waals surface area contributed by atoms with E-state index >= 15 is 0 Å². The number of carbonyl (C=O) groups is 10. The Labute approximate surface area is 755 Å². The van der Waals surface area contributed by atoms with Crippen molar-refractivity contribution in [2.45, 2.75) is 154 Å². The lowest BCUT2D eigenvalue weighted by molar-refractivity contribution is -0.384. The molecule has 14 nitrogen and oxygen atoms in total. The Morgan fingerprint density at radius 2 is 0.734 bits per heavy atom. The van der Waals surface area contributed by atoms with Crippen LogP contribution in [0.2, 0.25) is 10.0 Å². The van der Waals surface area contributed by atoms with E-state index in [0.29, 0.717) is 33.9 Å². The predicted molar refractivity (Wildman–Crippen MR) is 522 cm³/mol. The van der Waals surface area contributed by atoms with Crippen molar-refractivity contribution in [3.8, 4) is 0 Å². The molecular formula is C106H113BrCl2N2O12S. The quantitative estimate of drug-likeness (QED) is 0.0203. The lowest BCUT2D eigenvalue weighted by atomic mass is 9.83. The van der Waals surface area contributed by atoms with Gasteiger partial charge in [0.25, 0.3) is 5.69 Å². The Balaban J connectivity index is 0.000000467. The third kappa shape index (κ3) is 44.0. The number of hydrogen-bond acceptors (Lipinski definition) is 13. The first-order chi connectivity index (χ1) is 59.7. The van der Waals surface area contributed by atoms with Crippen molar-refractivity contribution in [1.82, 2.24) is 0 Å². The number of thiophene rings is 1. The van der Waals surface area contributed by atoms with E-state index in [9.17, 15) is 58.1 Å². The van der Waals surface area contributed by atoms with Gasteiger partial charge in [-0.25, -0.2) is 4.85 Å². The van der Waals surface area contributed by atoms with Crippen LogP contribution < -0.4 is 0 Å². The fraction of sp³-hybridized carbons (Fsp3) is 0.236. The monoisotopic (exact) mass is 1790 g/mol. The van der Waals surface area contributed by atoms with Crippen molar-refractivity contribution < 1.29 is 52.9 Å². The van der Waals surface area contributed by atoms with Gasteiger partial charge in [0.1, 0.15) is 62.9 Å². The van der Waals surface area contributed by atoms with Crippen LogP contribution in [0.25, 0.3) is 60.2 Å². The molecule has 2 aliphatic rings. The van der Waals surface area contributed by atoms with Crippen molar-refractivity contribution >= 4 is 180 Å². The second kappa shape index (κ2) is 64.6. The third-order valence-electron chi connectivity index (χ3n) is 19.7. The summed E-state index contributed by atoms with van der Waals surface area (Å²) in [7, 11) is 0. The number of nitrogens with zero attached hydrogens (tertiary/aromatic N) is 2. The molecule has 0 radical (unpaired) electrons. The number of allylic oxidation sites excluding steroid dienone is 20. The van der Waals surface area contributed by atoms with Gasteiger partial charge in [-0.15, -0.1) is 11.3 Å². The highest BCUT2D eigenvalue weighted by Gasteiger charge is 2.17. The number of rotatable bonds is 22. The van der Waals surface area contributed by atoms with Crippen molar-refractivity contribution in [3.05, 3.63) is 362 Å². The molecule has 9 aromatic rings. The summed E-state index contributed by atoms with van der Waals surface area (Å²) in [5.74, 6) is 1.42. The van der Waals surface area contributed by atoms with Crippen molar-refractivity contribution in [3.63, 3.8) is 0 Å². The first-order valence-corrected chi connectivity index (χ1v) is 42.9. The summed E-state index contributed by atoms with van der Waals surface area (Å²) in [4.78, 5) is 116. The molecule has 18 heteroatoms. The van der Waals surface area contributed by atoms with Crippen LogP contribution in [0.3, 0.4) is 0 Å². The van der Waals surface area contributed by atoms with Crippen LogP contribution in [0, 0.1) is 42.4 Å². The highest BCUT2D eigenvalue weighted by atomic mass is 79.9. The van der Waals surface area contributed by atoms with Crippen LogP contribution in [-0.2, 0) is 47.9 Å². The molecule has 124 heavy (non-hydrogen) atoms. The van der Waals surface area contributed by atoms with Crippen LogP contribution in [0.15, 0.2) is 276 Å². The van der Waals surface area contributed by atoms with Crippen molar-refractivity contribution in [2.75, 3.05) is 0 Å². The minimum atomic E-state index is -0.456. The highest BCUT2D eigenvalue weighted by Crippen LogP contribution is 2.33. The van der Waals surface area contributed by atoms with E-state index in [-0.39, 0.29) is 5.69 Å². The third-order valence-corrected chi connectivity index (χ3v) is 22.0. The fourth-order valence-electron chi connectivity index (χ4n) is 12.1.